The maximum absolute atomic E-state index is 13.0. The molecule has 0 atom stereocenters. The summed E-state index contributed by atoms with van der Waals surface area (Å²) >= 11 is 18.1. The molecule has 0 bridgehead atoms. The zero-order valence-electron chi connectivity index (χ0n) is 18.0. The number of hydrogen-bond acceptors (Lipinski definition) is 6. The molecule has 0 unspecified atom stereocenters. The van der Waals surface area contributed by atoms with Crippen LogP contribution in [0.1, 0.15) is 38.2 Å². The molecule has 1 aromatic carbocycles. The second-order valence-corrected chi connectivity index (χ2v) is 9.09. The lowest BCUT2D eigenvalue weighted by Crippen LogP contribution is -2.41. The van der Waals surface area contributed by atoms with Crippen molar-refractivity contribution in [2.45, 2.75) is 58.7 Å². The average Bonchev–Trinajstić information content (AvgIpc) is 3.39. The number of halogens is 3. The Kier molecular flexibility index (Phi) is 7.31. The van der Waals surface area contributed by atoms with Crippen molar-refractivity contribution in [3.63, 3.8) is 0 Å². The minimum Gasteiger partial charge on any atom is -0.278 e. The van der Waals surface area contributed by atoms with Gasteiger partial charge in [0.05, 0.1) is 12.1 Å². The molecular formula is C21H22Cl3N7O2. The third kappa shape index (κ3) is 5.20. The first-order valence-electron chi connectivity index (χ1n) is 10.7. The summed E-state index contributed by atoms with van der Waals surface area (Å²) in [6.45, 7) is 3.33. The van der Waals surface area contributed by atoms with Gasteiger partial charge in [-0.05, 0) is 42.7 Å². The Hall–Kier alpha value is -2.49. The smallest absolute Gasteiger partial charge is 0.278 e. The molecule has 174 valence electrons. The standard InChI is InChI=1S/C21H22Cl3N7O2/c1-2-3-6-29-19-16(12-17(24)25-19)20(32)30(21(29)33)7-4-5-8-31-27-18(26-28-31)13-9-14(22)11-15(23)10-13/h9-11H,2-8,12H2,1H3. The van der Waals surface area contributed by atoms with E-state index < -0.39 is 0 Å². The van der Waals surface area contributed by atoms with Crippen LogP contribution in [0.3, 0.4) is 0 Å². The van der Waals surface area contributed by atoms with Crippen LogP contribution in [0.15, 0.2) is 32.8 Å². The van der Waals surface area contributed by atoms with E-state index in [9.17, 15) is 9.59 Å². The van der Waals surface area contributed by atoms with Crippen LogP contribution in [0.25, 0.3) is 11.4 Å². The maximum atomic E-state index is 13.0. The molecule has 1 aliphatic rings. The van der Waals surface area contributed by atoms with E-state index in [0.29, 0.717) is 70.5 Å². The first kappa shape index (κ1) is 23.7. The predicted molar refractivity (Wildman–Crippen MR) is 129 cm³/mol. The van der Waals surface area contributed by atoms with Gasteiger partial charge in [0, 0.05) is 35.1 Å². The molecule has 33 heavy (non-hydrogen) atoms. The second kappa shape index (κ2) is 10.2. The molecule has 1 aliphatic heterocycles. The van der Waals surface area contributed by atoms with Gasteiger partial charge in [-0.3, -0.25) is 13.9 Å². The van der Waals surface area contributed by atoms with Crippen molar-refractivity contribution in [1.82, 2.24) is 29.3 Å². The van der Waals surface area contributed by atoms with Crippen molar-refractivity contribution < 1.29 is 0 Å². The summed E-state index contributed by atoms with van der Waals surface area (Å²) in [4.78, 5) is 31.6. The number of aromatic nitrogens is 6. The monoisotopic (exact) mass is 509 g/mol. The van der Waals surface area contributed by atoms with E-state index in [0.717, 1.165) is 12.8 Å². The van der Waals surface area contributed by atoms with Crippen LogP contribution in [0.5, 0.6) is 0 Å². The van der Waals surface area contributed by atoms with Crippen LogP contribution in [-0.2, 0) is 26.1 Å². The van der Waals surface area contributed by atoms with Gasteiger partial charge < -0.3 is 0 Å². The zero-order chi connectivity index (χ0) is 23.5. The number of benzene rings is 1. The van der Waals surface area contributed by atoms with Crippen molar-refractivity contribution in [2.75, 3.05) is 0 Å². The highest BCUT2D eigenvalue weighted by molar-refractivity contribution is 6.66. The fourth-order valence-electron chi connectivity index (χ4n) is 3.70. The average molecular weight is 511 g/mol. The fourth-order valence-corrected chi connectivity index (χ4v) is 4.44. The Labute approximate surface area is 204 Å². The molecule has 0 amide bonds. The highest BCUT2D eigenvalue weighted by Crippen LogP contribution is 2.25. The molecule has 9 nitrogen and oxygen atoms in total. The number of nitrogens with zero attached hydrogens (tertiary/aromatic N) is 7. The maximum Gasteiger partial charge on any atom is 0.332 e. The van der Waals surface area contributed by atoms with Crippen molar-refractivity contribution in [3.05, 3.63) is 54.6 Å². The van der Waals surface area contributed by atoms with E-state index in [1.54, 1.807) is 22.8 Å². The topological polar surface area (TPSA) is 100.0 Å². The highest BCUT2D eigenvalue weighted by atomic mass is 35.5. The van der Waals surface area contributed by atoms with E-state index >= 15 is 0 Å². The third-order valence-electron chi connectivity index (χ3n) is 5.34. The first-order valence-corrected chi connectivity index (χ1v) is 11.8. The normalized spacial score (nSPS) is 12.8. The first-order chi connectivity index (χ1) is 15.9. The third-order valence-corrected chi connectivity index (χ3v) is 5.99. The van der Waals surface area contributed by atoms with E-state index in [2.05, 4.69) is 20.4 Å². The van der Waals surface area contributed by atoms with E-state index in [1.165, 1.54) is 9.36 Å². The SMILES string of the molecule is CCCCn1c2c(c(=O)n(CCCCn3nnc(-c4cc(Cl)cc(Cl)c4)n3)c1=O)CC(Cl)=N2. The fraction of sp³-hybridized carbons (Fsp3) is 0.429. The molecule has 3 heterocycles. The van der Waals surface area contributed by atoms with E-state index in [4.69, 9.17) is 34.8 Å². The van der Waals surface area contributed by atoms with Gasteiger partial charge in [-0.1, -0.05) is 48.1 Å². The molecule has 2 aromatic heterocycles. The van der Waals surface area contributed by atoms with Crippen LogP contribution >= 0.6 is 34.8 Å². The van der Waals surface area contributed by atoms with Crippen molar-refractivity contribution >= 4 is 45.8 Å². The lowest BCUT2D eigenvalue weighted by molar-refractivity contribution is 0.454. The summed E-state index contributed by atoms with van der Waals surface area (Å²) < 4.78 is 2.85. The largest absolute Gasteiger partial charge is 0.332 e. The summed E-state index contributed by atoms with van der Waals surface area (Å²) in [5.41, 5.74) is 0.498. The molecule has 0 fully saturated rings. The van der Waals surface area contributed by atoms with Crippen molar-refractivity contribution in [1.29, 1.82) is 0 Å². The zero-order valence-corrected chi connectivity index (χ0v) is 20.2. The van der Waals surface area contributed by atoms with Crippen LogP contribution < -0.4 is 11.2 Å². The molecule has 12 heteroatoms. The van der Waals surface area contributed by atoms with Crippen LogP contribution in [0.2, 0.25) is 10.0 Å². The number of unbranched alkanes of at least 4 members (excludes halogenated alkanes) is 2. The molecule has 0 aliphatic carbocycles. The van der Waals surface area contributed by atoms with E-state index in [1.807, 2.05) is 6.92 Å². The Morgan fingerprint density at radius 1 is 0.939 bits per heavy atom. The quantitative estimate of drug-likeness (QED) is 0.404. The van der Waals surface area contributed by atoms with Crippen molar-refractivity contribution in [3.8, 4) is 11.4 Å². The Balaban J connectivity index is 1.44. The summed E-state index contributed by atoms with van der Waals surface area (Å²) in [6.07, 6.45) is 3.25. The van der Waals surface area contributed by atoms with E-state index in [-0.39, 0.29) is 17.7 Å². The van der Waals surface area contributed by atoms with Gasteiger partial charge >= 0.3 is 5.69 Å². The minimum atomic E-state index is -0.346. The number of fused-ring (bicyclic) bond motifs is 1. The van der Waals surface area contributed by atoms with Gasteiger partial charge in [-0.25, -0.2) is 9.79 Å². The summed E-state index contributed by atoms with van der Waals surface area (Å²) in [6, 6.07) is 5.07. The highest BCUT2D eigenvalue weighted by Gasteiger charge is 2.24. The molecule has 4 rings (SSSR count). The number of rotatable bonds is 9. The van der Waals surface area contributed by atoms with Crippen molar-refractivity contribution in [2.24, 2.45) is 4.99 Å². The van der Waals surface area contributed by atoms with Gasteiger partial charge in [0.25, 0.3) is 5.56 Å². The summed E-state index contributed by atoms with van der Waals surface area (Å²) in [5, 5.41) is 13.8. The molecular weight excluding hydrogens is 489 g/mol. The summed E-state index contributed by atoms with van der Waals surface area (Å²) in [7, 11) is 0. The Bertz CT molecular complexity index is 1310. The summed E-state index contributed by atoms with van der Waals surface area (Å²) in [5.74, 6) is 0.824. The van der Waals surface area contributed by atoms with Gasteiger partial charge in [-0.15, -0.1) is 10.2 Å². The lowest BCUT2D eigenvalue weighted by atomic mass is 10.2. The molecule has 0 saturated heterocycles. The van der Waals surface area contributed by atoms with Gasteiger partial charge in [0.2, 0.25) is 5.82 Å². The van der Waals surface area contributed by atoms with Gasteiger partial charge in [-0.2, -0.15) is 4.80 Å². The second-order valence-electron chi connectivity index (χ2n) is 7.79. The minimum absolute atomic E-state index is 0.265. The number of aryl methyl sites for hydroxylation is 1. The molecule has 0 spiro atoms. The van der Waals surface area contributed by atoms with Gasteiger partial charge in [0.15, 0.2) is 0 Å². The number of aliphatic imine (C=N–C) groups is 1. The Morgan fingerprint density at radius 3 is 2.36 bits per heavy atom. The molecule has 0 N–H and O–H groups in total. The number of hydrogen-bond donors (Lipinski definition) is 0. The lowest BCUT2D eigenvalue weighted by Gasteiger charge is -2.13. The van der Waals surface area contributed by atoms with Crippen LogP contribution in [0.4, 0.5) is 5.82 Å². The van der Waals surface area contributed by atoms with Crippen LogP contribution in [-0.4, -0.2) is 34.5 Å². The van der Waals surface area contributed by atoms with Gasteiger partial charge in [0.1, 0.15) is 11.0 Å². The predicted octanol–water partition coefficient (Wildman–Crippen LogP) is 4.08. The molecule has 0 saturated carbocycles. The number of tetrazole rings is 1. The Morgan fingerprint density at radius 2 is 1.64 bits per heavy atom. The molecule has 3 aromatic rings. The molecule has 0 radical (unpaired) electrons. The van der Waals surface area contributed by atoms with Crippen LogP contribution in [0, 0.1) is 0 Å².